The summed E-state index contributed by atoms with van der Waals surface area (Å²) in [4.78, 5) is 15.7. The maximum atomic E-state index is 11.7. The highest BCUT2D eigenvalue weighted by Gasteiger charge is 2.31. The first-order valence-electron chi connectivity index (χ1n) is 6.57. The number of alkyl halides is 1. The van der Waals surface area contributed by atoms with Crippen molar-refractivity contribution in [2.45, 2.75) is 24.1 Å². The number of nitrogen functional groups attached to an aromatic ring is 1. The molecule has 2 aromatic rings. The lowest BCUT2D eigenvalue weighted by atomic mass is 9.91. The molecule has 0 spiro atoms. The van der Waals surface area contributed by atoms with Gasteiger partial charge in [0.15, 0.2) is 0 Å². The Kier molecular flexibility index (Phi) is 4.55. The Labute approximate surface area is 127 Å². The molecule has 0 aliphatic heterocycles. The van der Waals surface area contributed by atoms with Crippen LogP contribution in [0.25, 0.3) is 0 Å². The van der Waals surface area contributed by atoms with Crippen molar-refractivity contribution in [2.75, 3.05) is 5.73 Å². The number of hydrogen-bond acceptors (Lipinski definition) is 3. The first-order valence-corrected chi connectivity index (χ1v) is 7.36. The van der Waals surface area contributed by atoms with Gasteiger partial charge in [0.2, 0.25) is 0 Å². The van der Waals surface area contributed by atoms with Crippen LogP contribution in [0.4, 0.5) is 5.82 Å². The molecule has 3 nitrogen and oxygen atoms in total. The highest BCUT2D eigenvalue weighted by Crippen LogP contribution is 2.37. The van der Waals surface area contributed by atoms with E-state index in [1.54, 1.807) is 18.3 Å². The van der Waals surface area contributed by atoms with Crippen molar-refractivity contribution in [2.24, 2.45) is 0 Å². The maximum absolute atomic E-state index is 11.7. The van der Waals surface area contributed by atoms with Gasteiger partial charge in [-0.25, -0.2) is 4.98 Å². The molecule has 0 amide bonds. The number of carbonyl (C=O) groups excluding carboxylic acids is 1. The van der Waals surface area contributed by atoms with Crippen molar-refractivity contribution < 1.29 is 4.79 Å². The van der Waals surface area contributed by atoms with Crippen molar-refractivity contribution in [3.63, 3.8) is 0 Å². The fourth-order valence-electron chi connectivity index (χ4n) is 2.22. The fraction of sp³-hybridized carbons (Fsp3) is 0.250. The van der Waals surface area contributed by atoms with Gasteiger partial charge in [0.25, 0.3) is 0 Å². The summed E-state index contributed by atoms with van der Waals surface area (Å²) in [6, 6.07) is 11.6. The number of aromatic nitrogens is 1. The Hall–Kier alpha value is -1.68. The lowest BCUT2D eigenvalue weighted by molar-refractivity contribution is -0.109. The van der Waals surface area contributed by atoms with E-state index < -0.39 is 4.32 Å². The molecule has 1 aromatic carbocycles. The van der Waals surface area contributed by atoms with Crippen LogP contribution in [0.5, 0.6) is 0 Å². The van der Waals surface area contributed by atoms with Gasteiger partial charge < -0.3 is 10.5 Å². The zero-order valence-corrected chi connectivity index (χ0v) is 12.9. The zero-order chi connectivity index (χ0) is 14.6. The quantitative estimate of drug-likeness (QED) is 0.673. The number of benzene rings is 1. The molecule has 0 fully saturated rings. The third kappa shape index (κ3) is 2.90. The minimum absolute atomic E-state index is 0.401. The maximum Gasteiger partial charge on any atom is 0.145 e. The van der Waals surface area contributed by atoms with E-state index in [9.17, 15) is 4.79 Å². The fourth-order valence-corrected chi connectivity index (χ4v) is 2.71. The largest absolute Gasteiger partial charge is 0.384 e. The van der Waals surface area contributed by atoms with Crippen molar-refractivity contribution in [3.8, 4) is 0 Å². The Morgan fingerprint density at radius 3 is 2.70 bits per heavy atom. The molecule has 0 saturated heterocycles. The minimum Gasteiger partial charge on any atom is -0.384 e. The van der Waals surface area contributed by atoms with Crippen LogP contribution in [0.2, 0.25) is 0 Å². The second kappa shape index (κ2) is 6.18. The Balaban J connectivity index is 2.50. The number of halogens is 1. The molecule has 104 valence electrons. The standard InChI is InChI=1S/C16H17BrN2O/c1-2-4-12-5-3-6-13(9-12)16(17,11-20)14-7-8-19-15(18)10-14/h3,5-11H,2,4H2,1H3,(H2,18,19). The lowest BCUT2D eigenvalue weighted by Gasteiger charge is -2.23. The summed E-state index contributed by atoms with van der Waals surface area (Å²) in [5, 5.41) is 0. The Morgan fingerprint density at radius 1 is 1.30 bits per heavy atom. The number of carbonyl (C=O) groups is 1. The van der Waals surface area contributed by atoms with Gasteiger partial charge in [0.05, 0.1) is 0 Å². The first kappa shape index (κ1) is 14.7. The third-order valence-corrected chi connectivity index (χ3v) is 4.35. The number of aryl methyl sites for hydroxylation is 1. The second-order valence-corrected chi connectivity index (χ2v) is 6.00. The van der Waals surface area contributed by atoms with Crippen LogP contribution in [0.3, 0.4) is 0 Å². The molecule has 1 unspecified atom stereocenters. The summed E-state index contributed by atoms with van der Waals surface area (Å²) < 4.78 is -0.881. The predicted octanol–water partition coefficient (Wildman–Crippen LogP) is 3.45. The van der Waals surface area contributed by atoms with Crippen LogP contribution < -0.4 is 5.73 Å². The normalized spacial score (nSPS) is 13.7. The highest BCUT2D eigenvalue weighted by molar-refractivity contribution is 9.10. The summed E-state index contributed by atoms with van der Waals surface area (Å²) in [7, 11) is 0. The smallest absolute Gasteiger partial charge is 0.145 e. The zero-order valence-electron chi connectivity index (χ0n) is 11.3. The molecule has 0 bridgehead atoms. The van der Waals surface area contributed by atoms with Gasteiger partial charge >= 0.3 is 0 Å². The van der Waals surface area contributed by atoms with Crippen LogP contribution in [-0.4, -0.2) is 11.3 Å². The molecule has 0 radical (unpaired) electrons. The third-order valence-electron chi connectivity index (χ3n) is 3.25. The molecule has 0 saturated carbocycles. The summed E-state index contributed by atoms with van der Waals surface area (Å²) >= 11 is 3.57. The van der Waals surface area contributed by atoms with E-state index in [-0.39, 0.29) is 0 Å². The number of hydrogen-bond donors (Lipinski definition) is 1. The Bertz CT molecular complexity index is 615. The number of aldehydes is 1. The van der Waals surface area contributed by atoms with E-state index in [4.69, 9.17) is 5.73 Å². The minimum atomic E-state index is -0.881. The first-order chi connectivity index (χ1) is 9.60. The number of nitrogens with zero attached hydrogens (tertiary/aromatic N) is 1. The van der Waals surface area contributed by atoms with Gasteiger partial charge in [0, 0.05) is 6.20 Å². The van der Waals surface area contributed by atoms with Crippen molar-refractivity contribution in [1.82, 2.24) is 4.98 Å². The summed E-state index contributed by atoms with van der Waals surface area (Å²) in [5.74, 6) is 0.401. The topological polar surface area (TPSA) is 56.0 Å². The summed E-state index contributed by atoms with van der Waals surface area (Å²) in [6.45, 7) is 2.14. The van der Waals surface area contributed by atoms with Gasteiger partial charge in [-0.15, -0.1) is 0 Å². The molecular formula is C16H17BrN2O. The molecule has 1 heterocycles. The Morgan fingerprint density at radius 2 is 2.05 bits per heavy atom. The average Bonchev–Trinajstić information content (AvgIpc) is 2.47. The molecule has 1 aromatic heterocycles. The SMILES string of the molecule is CCCc1cccc(C(Br)(C=O)c2ccnc(N)c2)c1. The number of anilines is 1. The van der Waals surface area contributed by atoms with Crippen LogP contribution >= 0.6 is 15.9 Å². The molecular weight excluding hydrogens is 316 g/mol. The molecule has 4 heteroatoms. The molecule has 2 rings (SSSR count). The van der Waals surface area contributed by atoms with E-state index in [0.717, 1.165) is 30.3 Å². The van der Waals surface area contributed by atoms with Crippen LogP contribution in [0.1, 0.15) is 30.0 Å². The van der Waals surface area contributed by atoms with Gasteiger partial charge in [-0.3, -0.25) is 0 Å². The van der Waals surface area contributed by atoms with Crippen LogP contribution in [-0.2, 0) is 15.5 Å². The molecule has 20 heavy (non-hydrogen) atoms. The molecule has 0 aliphatic carbocycles. The van der Waals surface area contributed by atoms with Crippen molar-refractivity contribution in [1.29, 1.82) is 0 Å². The van der Waals surface area contributed by atoms with Crippen molar-refractivity contribution >= 4 is 28.0 Å². The average molecular weight is 333 g/mol. The highest BCUT2D eigenvalue weighted by atomic mass is 79.9. The van der Waals surface area contributed by atoms with E-state index >= 15 is 0 Å². The van der Waals surface area contributed by atoms with Crippen LogP contribution in [0, 0.1) is 0 Å². The van der Waals surface area contributed by atoms with Crippen molar-refractivity contribution in [3.05, 3.63) is 59.3 Å². The van der Waals surface area contributed by atoms with Gasteiger partial charge in [0.1, 0.15) is 16.4 Å². The predicted molar refractivity (Wildman–Crippen MR) is 84.9 cm³/mol. The molecule has 1 atom stereocenters. The number of nitrogens with two attached hydrogens (primary N) is 1. The second-order valence-electron chi connectivity index (χ2n) is 4.75. The monoisotopic (exact) mass is 332 g/mol. The lowest BCUT2D eigenvalue weighted by Crippen LogP contribution is -2.22. The van der Waals surface area contributed by atoms with Gasteiger partial charge in [-0.05, 0) is 35.2 Å². The number of pyridine rings is 1. The summed E-state index contributed by atoms with van der Waals surface area (Å²) in [6.07, 6.45) is 4.57. The molecule has 2 N–H and O–H groups in total. The van der Waals surface area contributed by atoms with E-state index in [2.05, 4.69) is 40.0 Å². The van der Waals surface area contributed by atoms with E-state index in [1.807, 2.05) is 12.1 Å². The van der Waals surface area contributed by atoms with Gasteiger partial charge in [-0.2, -0.15) is 0 Å². The number of rotatable bonds is 5. The summed E-state index contributed by atoms with van der Waals surface area (Å²) in [5.41, 5.74) is 8.63. The van der Waals surface area contributed by atoms with E-state index in [0.29, 0.717) is 5.82 Å². The van der Waals surface area contributed by atoms with Crippen LogP contribution in [0.15, 0.2) is 42.6 Å². The van der Waals surface area contributed by atoms with E-state index in [1.165, 1.54) is 5.56 Å². The van der Waals surface area contributed by atoms with Gasteiger partial charge in [-0.1, -0.05) is 53.5 Å². The molecule has 0 aliphatic rings.